The minimum atomic E-state index is -0.490. The van der Waals surface area contributed by atoms with Crippen molar-refractivity contribution in [2.75, 3.05) is 0 Å². The molecule has 0 fully saturated rings. The van der Waals surface area contributed by atoms with E-state index < -0.39 is 5.91 Å². The average Bonchev–Trinajstić information content (AvgIpc) is 2.44. The molecule has 1 heterocycles. The fourth-order valence-electron chi connectivity index (χ4n) is 0.965. The van der Waals surface area contributed by atoms with Crippen molar-refractivity contribution in [3.63, 3.8) is 0 Å². The topological polar surface area (TPSA) is 64.0 Å². The molecule has 0 aliphatic heterocycles. The zero-order chi connectivity index (χ0) is 11.6. The van der Waals surface area contributed by atoms with E-state index in [1.807, 2.05) is 0 Å². The minimum absolute atomic E-state index is 0.222. The smallest absolute Gasteiger partial charge is 0.276 e. The van der Waals surface area contributed by atoms with Gasteiger partial charge in [0.15, 0.2) is 5.15 Å². The third-order valence-corrected chi connectivity index (χ3v) is 2.03. The molecule has 0 aromatic carbocycles. The lowest BCUT2D eigenvalue weighted by atomic mass is 10.2. The summed E-state index contributed by atoms with van der Waals surface area (Å²) in [5.74, 6) is -1.05. The van der Waals surface area contributed by atoms with Crippen LogP contribution in [0.2, 0.25) is 5.15 Å². The number of amides is 2. The Balaban J connectivity index is 2.78. The van der Waals surface area contributed by atoms with E-state index in [-0.39, 0.29) is 22.7 Å². The quantitative estimate of drug-likeness (QED) is 0.823. The Hall–Kier alpha value is -1.36. The molecule has 0 saturated heterocycles. The molecule has 5 nitrogen and oxygen atoms in total. The Morgan fingerprint density at radius 3 is 2.53 bits per heavy atom. The van der Waals surface area contributed by atoms with Crippen molar-refractivity contribution in [2.45, 2.75) is 13.8 Å². The monoisotopic (exact) mass is 229 g/mol. The fraction of sp³-hybridized carbons (Fsp3) is 0.444. The van der Waals surface area contributed by atoms with Crippen LogP contribution in [0.5, 0.6) is 0 Å². The average molecular weight is 230 g/mol. The number of hydrogen-bond donors (Lipinski definition) is 1. The van der Waals surface area contributed by atoms with Crippen LogP contribution in [-0.4, -0.2) is 21.6 Å². The van der Waals surface area contributed by atoms with Gasteiger partial charge in [-0.15, -0.1) is 0 Å². The molecular formula is C9H12ClN3O2. The first-order valence-electron chi connectivity index (χ1n) is 4.46. The van der Waals surface area contributed by atoms with Crippen LogP contribution in [0.4, 0.5) is 0 Å². The van der Waals surface area contributed by atoms with Crippen molar-refractivity contribution in [3.8, 4) is 0 Å². The van der Waals surface area contributed by atoms with Crippen LogP contribution >= 0.6 is 11.6 Å². The third-order valence-electron chi connectivity index (χ3n) is 1.84. The molecule has 0 saturated carbocycles. The van der Waals surface area contributed by atoms with Crippen molar-refractivity contribution in [1.29, 1.82) is 0 Å². The number of carbonyl (C=O) groups is 2. The molecule has 1 N–H and O–H groups in total. The maximum Gasteiger partial charge on any atom is 0.276 e. The first-order valence-corrected chi connectivity index (χ1v) is 4.84. The standard InChI is InChI=1S/C9H12ClN3O2/c1-5(2)8(14)11-9(15)6-4-7(10)12-13(6)3/h4-5H,1-3H3,(H,11,14,15). The Morgan fingerprint density at radius 2 is 2.13 bits per heavy atom. The number of rotatable bonds is 2. The van der Waals surface area contributed by atoms with E-state index in [2.05, 4.69) is 10.4 Å². The molecule has 6 heteroatoms. The molecule has 1 aromatic heterocycles. The van der Waals surface area contributed by atoms with E-state index in [0.717, 1.165) is 0 Å². The van der Waals surface area contributed by atoms with E-state index in [4.69, 9.17) is 11.6 Å². The van der Waals surface area contributed by atoms with Gasteiger partial charge in [-0.25, -0.2) is 0 Å². The highest BCUT2D eigenvalue weighted by Crippen LogP contribution is 2.08. The van der Waals surface area contributed by atoms with Crippen LogP contribution in [0.1, 0.15) is 24.3 Å². The molecule has 0 unspecified atom stereocenters. The number of nitrogens with one attached hydrogen (secondary N) is 1. The minimum Gasteiger partial charge on any atom is -0.291 e. The van der Waals surface area contributed by atoms with Crippen molar-refractivity contribution in [2.24, 2.45) is 13.0 Å². The lowest BCUT2D eigenvalue weighted by Crippen LogP contribution is -2.34. The summed E-state index contributed by atoms with van der Waals surface area (Å²) in [6.45, 7) is 3.41. The summed E-state index contributed by atoms with van der Waals surface area (Å²) in [6, 6.07) is 1.41. The number of halogens is 1. The molecular weight excluding hydrogens is 218 g/mol. The van der Waals surface area contributed by atoms with Gasteiger partial charge in [-0.3, -0.25) is 19.6 Å². The van der Waals surface area contributed by atoms with Gasteiger partial charge < -0.3 is 0 Å². The van der Waals surface area contributed by atoms with E-state index >= 15 is 0 Å². The molecule has 0 aliphatic carbocycles. The van der Waals surface area contributed by atoms with Crippen molar-refractivity contribution < 1.29 is 9.59 Å². The van der Waals surface area contributed by atoms with Gasteiger partial charge in [-0.1, -0.05) is 25.4 Å². The molecule has 1 rings (SSSR count). The molecule has 2 amide bonds. The molecule has 0 atom stereocenters. The van der Waals surface area contributed by atoms with Crippen LogP contribution in [0.15, 0.2) is 6.07 Å². The Labute approximate surface area is 92.4 Å². The number of hydrogen-bond acceptors (Lipinski definition) is 3. The number of carbonyl (C=O) groups excluding carboxylic acids is 2. The second-order valence-electron chi connectivity index (χ2n) is 3.45. The summed E-state index contributed by atoms with van der Waals surface area (Å²) in [5, 5.41) is 6.27. The van der Waals surface area contributed by atoms with Gasteiger partial charge >= 0.3 is 0 Å². The highest BCUT2D eigenvalue weighted by atomic mass is 35.5. The molecule has 0 aliphatic rings. The van der Waals surface area contributed by atoms with Crippen LogP contribution in [0.3, 0.4) is 0 Å². The Kier molecular flexibility index (Phi) is 3.47. The van der Waals surface area contributed by atoms with E-state index in [9.17, 15) is 9.59 Å². The molecule has 82 valence electrons. The number of nitrogens with zero attached hydrogens (tertiary/aromatic N) is 2. The lowest BCUT2D eigenvalue weighted by Gasteiger charge is -2.05. The van der Waals surface area contributed by atoms with Gasteiger partial charge in [0, 0.05) is 19.0 Å². The summed E-state index contributed by atoms with van der Waals surface area (Å²) in [7, 11) is 1.58. The molecule has 1 aromatic rings. The number of imide groups is 1. The summed E-state index contributed by atoms with van der Waals surface area (Å²) < 4.78 is 1.32. The van der Waals surface area contributed by atoms with Gasteiger partial charge in [0.1, 0.15) is 5.69 Å². The first-order chi connectivity index (χ1) is 6.91. The van der Waals surface area contributed by atoms with Crippen molar-refractivity contribution in [3.05, 3.63) is 16.9 Å². The Bertz CT molecular complexity index is 398. The number of aryl methyl sites for hydroxylation is 1. The van der Waals surface area contributed by atoms with E-state index in [1.54, 1.807) is 20.9 Å². The lowest BCUT2D eigenvalue weighted by molar-refractivity contribution is -0.123. The van der Waals surface area contributed by atoms with E-state index in [0.29, 0.717) is 0 Å². The van der Waals surface area contributed by atoms with Gasteiger partial charge in [0.2, 0.25) is 5.91 Å². The second kappa shape index (κ2) is 4.44. The second-order valence-corrected chi connectivity index (χ2v) is 3.84. The first kappa shape index (κ1) is 11.7. The van der Waals surface area contributed by atoms with Crippen LogP contribution < -0.4 is 5.32 Å². The third kappa shape index (κ3) is 2.79. The predicted octanol–water partition coefficient (Wildman–Crippen LogP) is 0.986. The normalized spacial score (nSPS) is 10.5. The summed E-state index contributed by atoms with van der Waals surface area (Å²) in [6.07, 6.45) is 0. The molecule has 0 bridgehead atoms. The molecule has 0 spiro atoms. The van der Waals surface area contributed by atoms with Crippen LogP contribution in [-0.2, 0) is 11.8 Å². The van der Waals surface area contributed by atoms with Gasteiger partial charge in [-0.2, -0.15) is 5.10 Å². The SMILES string of the molecule is CC(C)C(=O)NC(=O)c1cc(Cl)nn1C. The molecule has 15 heavy (non-hydrogen) atoms. The van der Waals surface area contributed by atoms with Gasteiger partial charge in [-0.05, 0) is 0 Å². The summed E-state index contributed by atoms with van der Waals surface area (Å²) >= 11 is 5.61. The van der Waals surface area contributed by atoms with Gasteiger partial charge in [0.25, 0.3) is 5.91 Å². The summed E-state index contributed by atoms with van der Waals surface area (Å²) in [5.41, 5.74) is 0.258. The van der Waals surface area contributed by atoms with Crippen molar-refractivity contribution in [1.82, 2.24) is 15.1 Å². The highest BCUT2D eigenvalue weighted by molar-refractivity contribution is 6.29. The van der Waals surface area contributed by atoms with Crippen LogP contribution in [0.25, 0.3) is 0 Å². The van der Waals surface area contributed by atoms with E-state index in [1.165, 1.54) is 10.7 Å². The number of aromatic nitrogens is 2. The zero-order valence-corrected chi connectivity index (χ0v) is 9.50. The largest absolute Gasteiger partial charge is 0.291 e. The fourth-order valence-corrected chi connectivity index (χ4v) is 1.18. The van der Waals surface area contributed by atoms with Crippen molar-refractivity contribution >= 4 is 23.4 Å². The molecule has 0 radical (unpaired) electrons. The zero-order valence-electron chi connectivity index (χ0n) is 8.74. The predicted molar refractivity (Wildman–Crippen MR) is 55.5 cm³/mol. The maximum atomic E-state index is 11.5. The highest BCUT2D eigenvalue weighted by Gasteiger charge is 2.16. The van der Waals surface area contributed by atoms with Gasteiger partial charge in [0.05, 0.1) is 0 Å². The Morgan fingerprint density at radius 1 is 1.53 bits per heavy atom. The van der Waals surface area contributed by atoms with Crippen LogP contribution in [0, 0.1) is 5.92 Å². The summed E-state index contributed by atoms with van der Waals surface area (Å²) in [4.78, 5) is 22.8. The maximum absolute atomic E-state index is 11.5.